The number of ether oxygens (including phenoxy) is 2. The quantitative estimate of drug-likeness (QED) is 0.450. The molecule has 0 fully saturated rings. The van der Waals surface area contributed by atoms with Gasteiger partial charge in [-0.05, 0) is 50.6 Å². The first-order valence-corrected chi connectivity index (χ1v) is 10.7. The minimum atomic E-state index is 0.0588. The molecule has 0 spiro atoms. The van der Waals surface area contributed by atoms with E-state index in [1.807, 2.05) is 68.1 Å². The maximum atomic E-state index is 12.4. The number of rotatable bonds is 10. The second-order valence-corrected chi connectivity index (χ2v) is 6.90. The van der Waals surface area contributed by atoms with Gasteiger partial charge in [0.1, 0.15) is 11.5 Å². The van der Waals surface area contributed by atoms with Gasteiger partial charge in [0.15, 0.2) is 5.96 Å². The predicted octanol–water partition coefficient (Wildman–Crippen LogP) is 3.44. The molecule has 0 aliphatic heterocycles. The number of carbonyl (C=O) groups is 1. The summed E-state index contributed by atoms with van der Waals surface area (Å²) in [4.78, 5) is 18.9. The van der Waals surface area contributed by atoms with Crippen LogP contribution in [0.5, 0.6) is 11.5 Å². The van der Waals surface area contributed by atoms with Crippen molar-refractivity contribution in [3.63, 3.8) is 0 Å². The van der Waals surface area contributed by atoms with E-state index >= 15 is 0 Å². The second kappa shape index (κ2) is 12.5. The summed E-state index contributed by atoms with van der Waals surface area (Å²) in [6.07, 6.45) is 0. The first-order chi connectivity index (χ1) is 15.1. The highest BCUT2D eigenvalue weighted by molar-refractivity contribution is 5.94. The van der Waals surface area contributed by atoms with Crippen LogP contribution in [0.25, 0.3) is 0 Å². The Hall–Kier alpha value is -3.22. The lowest BCUT2D eigenvalue weighted by atomic mass is 10.1. The van der Waals surface area contributed by atoms with Crippen molar-refractivity contribution < 1.29 is 14.3 Å². The Balaban J connectivity index is 2.03. The SMILES string of the molecule is CCNC(=NCc1ccc(C(=O)N(CC)CC)cc1)NCc1ccc(OC)cc1OC. The molecule has 2 aromatic carbocycles. The van der Waals surface area contributed by atoms with Gasteiger partial charge in [-0.15, -0.1) is 0 Å². The molecule has 0 aromatic heterocycles. The Kier molecular flexibility index (Phi) is 9.68. The van der Waals surface area contributed by atoms with Gasteiger partial charge < -0.3 is 25.0 Å². The van der Waals surface area contributed by atoms with Crippen molar-refractivity contribution >= 4 is 11.9 Å². The van der Waals surface area contributed by atoms with Crippen LogP contribution in [0.2, 0.25) is 0 Å². The topological polar surface area (TPSA) is 75.2 Å². The van der Waals surface area contributed by atoms with Crippen LogP contribution in [0.1, 0.15) is 42.3 Å². The van der Waals surface area contributed by atoms with Crippen LogP contribution in [-0.2, 0) is 13.1 Å². The maximum absolute atomic E-state index is 12.4. The van der Waals surface area contributed by atoms with Gasteiger partial charge in [-0.1, -0.05) is 12.1 Å². The number of nitrogens with zero attached hydrogens (tertiary/aromatic N) is 2. The summed E-state index contributed by atoms with van der Waals surface area (Å²) in [5.74, 6) is 2.28. The molecule has 0 aliphatic carbocycles. The van der Waals surface area contributed by atoms with E-state index in [4.69, 9.17) is 9.47 Å². The molecule has 168 valence electrons. The molecule has 31 heavy (non-hydrogen) atoms. The summed E-state index contributed by atoms with van der Waals surface area (Å²) >= 11 is 0. The molecule has 2 N–H and O–H groups in total. The lowest BCUT2D eigenvalue weighted by Gasteiger charge is -2.18. The maximum Gasteiger partial charge on any atom is 0.253 e. The normalized spacial score (nSPS) is 11.1. The van der Waals surface area contributed by atoms with Gasteiger partial charge in [0.25, 0.3) is 5.91 Å². The zero-order valence-corrected chi connectivity index (χ0v) is 19.2. The Bertz CT molecular complexity index is 862. The molecule has 1 amide bonds. The van der Waals surface area contributed by atoms with E-state index < -0.39 is 0 Å². The zero-order chi connectivity index (χ0) is 22.6. The molecular formula is C24H34N4O3. The molecule has 2 rings (SSSR count). The highest BCUT2D eigenvalue weighted by Gasteiger charge is 2.12. The van der Waals surface area contributed by atoms with Gasteiger partial charge in [-0.2, -0.15) is 0 Å². The molecule has 0 atom stereocenters. The van der Waals surface area contributed by atoms with E-state index in [9.17, 15) is 4.79 Å². The van der Waals surface area contributed by atoms with Crippen LogP contribution >= 0.6 is 0 Å². The molecule has 0 aliphatic rings. The van der Waals surface area contributed by atoms with E-state index in [2.05, 4.69) is 15.6 Å². The third-order valence-electron chi connectivity index (χ3n) is 4.96. The number of carbonyl (C=O) groups excluding carboxylic acids is 1. The van der Waals surface area contributed by atoms with Crippen molar-refractivity contribution in [1.29, 1.82) is 0 Å². The number of hydrogen-bond donors (Lipinski definition) is 2. The summed E-state index contributed by atoms with van der Waals surface area (Å²) in [5, 5.41) is 6.59. The summed E-state index contributed by atoms with van der Waals surface area (Å²) in [5.41, 5.74) is 2.75. The van der Waals surface area contributed by atoms with E-state index in [0.717, 1.165) is 29.2 Å². The number of methoxy groups -OCH3 is 2. The average Bonchev–Trinajstić information content (AvgIpc) is 2.81. The smallest absolute Gasteiger partial charge is 0.253 e. The molecule has 7 nitrogen and oxygen atoms in total. The molecule has 0 heterocycles. The number of hydrogen-bond acceptors (Lipinski definition) is 4. The molecular weight excluding hydrogens is 392 g/mol. The number of amides is 1. The monoisotopic (exact) mass is 426 g/mol. The van der Waals surface area contributed by atoms with Gasteiger partial charge in [0.2, 0.25) is 0 Å². The fourth-order valence-electron chi connectivity index (χ4n) is 3.14. The largest absolute Gasteiger partial charge is 0.497 e. The first-order valence-electron chi connectivity index (χ1n) is 10.7. The zero-order valence-electron chi connectivity index (χ0n) is 19.2. The van der Waals surface area contributed by atoms with Crippen molar-refractivity contribution in [3.05, 3.63) is 59.2 Å². The van der Waals surface area contributed by atoms with E-state index in [-0.39, 0.29) is 5.91 Å². The van der Waals surface area contributed by atoms with Gasteiger partial charge in [0.05, 0.1) is 20.8 Å². The number of guanidine groups is 1. The second-order valence-electron chi connectivity index (χ2n) is 6.90. The van der Waals surface area contributed by atoms with Crippen molar-refractivity contribution in [2.24, 2.45) is 4.99 Å². The van der Waals surface area contributed by atoms with Crippen LogP contribution in [0.3, 0.4) is 0 Å². The van der Waals surface area contributed by atoms with Gasteiger partial charge >= 0.3 is 0 Å². The molecule has 0 bridgehead atoms. The minimum absolute atomic E-state index is 0.0588. The molecule has 0 saturated heterocycles. The number of aliphatic imine (C=N–C) groups is 1. The third kappa shape index (κ3) is 6.91. The molecule has 0 saturated carbocycles. The highest BCUT2D eigenvalue weighted by atomic mass is 16.5. The van der Waals surface area contributed by atoms with Crippen LogP contribution in [0, 0.1) is 0 Å². The Morgan fingerprint density at radius 3 is 2.26 bits per heavy atom. The third-order valence-corrected chi connectivity index (χ3v) is 4.96. The predicted molar refractivity (Wildman–Crippen MR) is 125 cm³/mol. The molecule has 7 heteroatoms. The summed E-state index contributed by atoms with van der Waals surface area (Å²) < 4.78 is 10.7. The molecule has 0 unspecified atom stereocenters. The van der Waals surface area contributed by atoms with Gasteiger partial charge in [0, 0.05) is 43.4 Å². The van der Waals surface area contributed by atoms with Crippen molar-refractivity contribution in [2.45, 2.75) is 33.9 Å². The van der Waals surface area contributed by atoms with Gasteiger partial charge in [-0.3, -0.25) is 4.79 Å². The van der Waals surface area contributed by atoms with E-state index in [1.54, 1.807) is 14.2 Å². The van der Waals surface area contributed by atoms with Crippen molar-refractivity contribution in [1.82, 2.24) is 15.5 Å². The summed E-state index contributed by atoms with van der Waals surface area (Å²) in [6, 6.07) is 13.4. The average molecular weight is 427 g/mol. The van der Waals surface area contributed by atoms with E-state index in [1.165, 1.54) is 0 Å². The summed E-state index contributed by atoms with van der Waals surface area (Å²) in [7, 11) is 3.28. The number of nitrogens with one attached hydrogen (secondary N) is 2. The fourth-order valence-corrected chi connectivity index (χ4v) is 3.14. The Morgan fingerprint density at radius 2 is 1.68 bits per heavy atom. The number of benzene rings is 2. The van der Waals surface area contributed by atoms with Gasteiger partial charge in [-0.25, -0.2) is 4.99 Å². The molecule has 2 aromatic rings. The van der Waals surface area contributed by atoms with Crippen LogP contribution < -0.4 is 20.1 Å². The van der Waals surface area contributed by atoms with Crippen molar-refractivity contribution in [3.8, 4) is 11.5 Å². The Labute approximate surface area is 185 Å². The Morgan fingerprint density at radius 1 is 0.968 bits per heavy atom. The fraction of sp³-hybridized carbons (Fsp3) is 0.417. The van der Waals surface area contributed by atoms with Crippen LogP contribution in [0.15, 0.2) is 47.5 Å². The first kappa shape index (κ1) is 24.1. The highest BCUT2D eigenvalue weighted by Crippen LogP contribution is 2.24. The lowest BCUT2D eigenvalue weighted by molar-refractivity contribution is 0.0773. The van der Waals surface area contributed by atoms with E-state index in [0.29, 0.717) is 37.7 Å². The van der Waals surface area contributed by atoms with Crippen molar-refractivity contribution in [2.75, 3.05) is 33.9 Å². The lowest BCUT2D eigenvalue weighted by Crippen LogP contribution is -2.36. The standard InChI is InChI=1S/C24H34N4O3/c1-6-25-24(27-17-20-13-14-21(30-4)15-22(20)31-5)26-16-18-9-11-19(12-10-18)23(29)28(7-2)8-3/h9-15H,6-8,16-17H2,1-5H3,(H2,25,26,27). The summed E-state index contributed by atoms with van der Waals surface area (Å²) in [6.45, 7) is 9.24. The van der Waals surface area contributed by atoms with Crippen LogP contribution in [-0.4, -0.2) is 50.6 Å². The molecule has 0 radical (unpaired) electrons. The van der Waals surface area contributed by atoms with Crippen LogP contribution in [0.4, 0.5) is 0 Å². The minimum Gasteiger partial charge on any atom is -0.497 e.